The molecule has 0 unspecified atom stereocenters. The minimum atomic E-state index is -0.220. The molecule has 3 aromatic rings. The largest absolute Gasteiger partial charge is 0.368 e. The number of para-hydroxylation sites is 1. The predicted molar refractivity (Wildman–Crippen MR) is 91.6 cm³/mol. The van der Waals surface area contributed by atoms with E-state index in [4.69, 9.17) is 5.73 Å². The molecule has 8 nitrogen and oxygen atoms in total. The SMILES string of the molecule is Nc1ncc2c(n1)CN(C(=O)Cn1cnc3ccccc3c1=O)CC2. The second-order valence-corrected chi connectivity index (χ2v) is 5.96. The highest BCUT2D eigenvalue weighted by atomic mass is 16.2. The van der Waals surface area contributed by atoms with Crippen LogP contribution >= 0.6 is 0 Å². The van der Waals surface area contributed by atoms with Gasteiger partial charge < -0.3 is 10.6 Å². The van der Waals surface area contributed by atoms with E-state index >= 15 is 0 Å². The van der Waals surface area contributed by atoms with Gasteiger partial charge in [-0.05, 0) is 24.1 Å². The fourth-order valence-electron chi connectivity index (χ4n) is 3.00. The van der Waals surface area contributed by atoms with Crippen LogP contribution in [0.15, 0.2) is 41.6 Å². The highest BCUT2D eigenvalue weighted by molar-refractivity contribution is 5.79. The fraction of sp³-hybridized carbons (Fsp3) is 0.235. The van der Waals surface area contributed by atoms with E-state index in [1.165, 1.54) is 10.9 Å². The summed E-state index contributed by atoms with van der Waals surface area (Å²) in [6.07, 6.45) is 3.80. The number of nitrogens with zero attached hydrogens (tertiary/aromatic N) is 5. The molecule has 1 aliphatic heterocycles. The Kier molecular flexibility index (Phi) is 3.64. The molecule has 1 amide bonds. The van der Waals surface area contributed by atoms with Gasteiger partial charge in [0, 0.05) is 12.7 Å². The molecule has 1 aromatic carbocycles. The van der Waals surface area contributed by atoms with E-state index in [-0.39, 0.29) is 24.0 Å². The Morgan fingerprint density at radius 1 is 1.24 bits per heavy atom. The number of fused-ring (bicyclic) bond motifs is 2. The Hall–Kier alpha value is -3.29. The molecule has 0 bridgehead atoms. The van der Waals surface area contributed by atoms with Crippen LogP contribution in [0.3, 0.4) is 0 Å². The molecule has 0 saturated carbocycles. The van der Waals surface area contributed by atoms with Gasteiger partial charge in [-0.1, -0.05) is 12.1 Å². The van der Waals surface area contributed by atoms with Crippen molar-refractivity contribution in [2.24, 2.45) is 0 Å². The molecule has 25 heavy (non-hydrogen) atoms. The zero-order valence-corrected chi connectivity index (χ0v) is 13.4. The van der Waals surface area contributed by atoms with E-state index in [0.717, 1.165) is 11.3 Å². The molecular weight excluding hydrogens is 320 g/mol. The van der Waals surface area contributed by atoms with Crippen molar-refractivity contribution in [3.8, 4) is 0 Å². The molecule has 1 aliphatic rings. The Morgan fingerprint density at radius 3 is 2.96 bits per heavy atom. The van der Waals surface area contributed by atoms with Crippen LogP contribution in [-0.2, 0) is 24.3 Å². The minimum absolute atomic E-state index is 0.0490. The summed E-state index contributed by atoms with van der Waals surface area (Å²) in [6, 6.07) is 7.09. The molecule has 0 saturated heterocycles. The number of amides is 1. The number of carbonyl (C=O) groups is 1. The number of rotatable bonds is 2. The van der Waals surface area contributed by atoms with E-state index < -0.39 is 0 Å². The minimum Gasteiger partial charge on any atom is -0.368 e. The summed E-state index contributed by atoms with van der Waals surface area (Å²) in [7, 11) is 0. The van der Waals surface area contributed by atoms with Crippen LogP contribution in [0.25, 0.3) is 10.9 Å². The van der Waals surface area contributed by atoms with Crippen LogP contribution in [0.2, 0.25) is 0 Å². The molecular formula is C17H16N6O2. The summed E-state index contributed by atoms with van der Waals surface area (Å²) in [6.45, 7) is 0.887. The lowest BCUT2D eigenvalue weighted by molar-refractivity contribution is -0.132. The molecule has 0 fully saturated rings. The number of carbonyl (C=O) groups excluding carboxylic acids is 1. The second-order valence-electron chi connectivity index (χ2n) is 5.96. The summed E-state index contributed by atoms with van der Waals surface area (Å²) in [4.78, 5) is 39.2. The molecule has 4 rings (SSSR count). The third-order valence-corrected chi connectivity index (χ3v) is 4.35. The molecule has 0 spiro atoms. The molecule has 2 N–H and O–H groups in total. The van der Waals surface area contributed by atoms with Gasteiger partial charge in [-0.2, -0.15) is 0 Å². The van der Waals surface area contributed by atoms with Crippen LogP contribution in [-0.4, -0.2) is 36.9 Å². The predicted octanol–water partition coefficient (Wildman–Crippen LogP) is 0.354. The first kappa shape index (κ1) is 15.3. The normalized spacial score (nSPS) is 13.7. The van der Waals surface area contributed by atoms with Gasteiger partial charge in [0.25, 0.3) is 5.56 Å². The molecule has 0 aliphatic carbocycles. The Bertz CT molecular complexity index is 1030. The van der Waals surface area contributed by atoms with E-state index in [0.29, 0.717) is 30.4 Å². The summed E-state index contributed by atoms with van der Waals surface area (Å²) < 4.78 is 1.34. The zero-order chi connectivity index (χ0) is 17.4. The van der Waals surface area contributed by atoms with Crippen LogP contribution in [0, 0.1) is 0 Å². The molecule has 126 valence electrons. The topological polar surface area (TPSA) is 107 Å². The first-order valence-corrected chi connectivity index (χ1v) is 7.94. The maximum absolute atomic E-state index is 12.6. The van der Waals surface area contributed by atoms with Crippen molar-refractivity contribution in [2.75, 3.05) is 12.3 Å². The van der Waals surface area contributed by atoms with E-state index in [1.807, 2.05) is 6.07 Å². The molecule has 2 aromatic heterocycles. The van der Waals surface area contributed by atoms with E-state index in [1.54, 1.807) is 29.3 Å². The monoisotopic (exact) mass is 336 g/mol. The standard InChI is InChI=1S/C17H16N6O2/c18-17-19-7-11-5-6-22(8-14(11)21-17)15(24)9-23-10-20-13-4-2-1-3-12(13)16(23)25/h1-4,7,10H,5-6,8-9H2,(H2,18,19,21). The molecule has 3 heterocycles. The van der Waals surface area contributed by atoms with Crippen molar-refractivity contribution >= 4 is 22.8 Å². The number of nitrogens with two attached hydrogens (primary N) is 1. The first-order chi connectivity index (χ1) is 12.1. The number of hydrogen-bond donors (Lipinski definition) is 1. The van der Waals surface area contributed by atoms with E-state index in [9.17, 15) is 9.59 Å². The fourth-order valence-corrected chi connectivity index (χ4v) is 3.00. The van der Waals surface area contributed by atoms with Gasteiger partial charge in [0.1, 0.15) is 6.54 Å². The number of hydrogen-bond acceptors (Lipinski definition) is 6. The number of aromatic nitrogens is 4. The average molecular weight is 336 g/mol. The van der Waals surface area contributed by atoms with Crippen LogP contribution in [0.4, 0.5) is 5.95 Å². The lowest BCUT2D eigenvalue weighted by Gasteiger charge is -2.28. The average Bonchev–Trinajstić information content (AvgIpc) is 2.63. The van der Waals surface area contributed by atoms with Crippen molar-refractivity contribution in [3.05, 3.63) is 58.4 Å². The summed E-state index contributed by atoms with van der Waals surface area (Å²) in [5.41, 5.74) is 7.78. The maximum atomic E-state index is 12.6. The Labute approximate surface area is 143 Å². The first-order valence-electron chi connectivity index (χ1n) is 7.94. The molecule has 8 heteroatoms. The molecule has 0 radical (unpaired) electrons. The number of nitrogen functional groups attached to an aromatic ring is 1. The number of anilines is 1. The lowest BCUT2D eigenvalue weighted by atomic mass is 10.1. The van der Waals surface area contributed by atoms with Gasteiger partial charge in [0.15, 0.2) is 0 Å². The zero-order valence-electron chi connectivity index (χ0n) is 13.4. The smallest absolute Gasteiger partial charge is 0.261 e. The number of benzene rings is 1. The van der Waals surface area contributed by atoms with Gasteiger partial charge in [0.2, 0.25) is 11.9 Å². The van der Waals surface area contributed by atoms with Crippen molar-refractivity contribution in [2.45, 2.75) is 19.5 Å². The highest BCUT2D eigenvalue weighted by Gasteiger charge is 2.22. The van der Waals surface area contributed by atoms with Crippen molar-refractivity contribution in [3.63, 3.8) is 0 Å². The maximum Gasteiger partial charge on any atom is 0.261 e. The Balaban J connectivity index is 1.57. The molecule has 0 atom stereocenters. The van der Waals surface area contributed by atoms with Gasteiger partial charge in [0.05, 0.1) is 29.5 Å². The van der Waals surface area contributed by atoms with Crippen molar-refractivity contribution in [1.82, 2.24) is 24.4 Å². The van der Waals surface area contributed by atoms with Crippen molar-refractivity contribution < 1.29 is 4.79 Å². The van der Waals surface area contributed by atoms with E-state index in [2.05, 4.69) is 15.0 Å². The quantitative estimate of drug-likeness (QED) is 0.724. The third-order valence-electron chi connectivity index (χ3n) is 4.35. The van der Waals surface area contributed by atoms with Crippen molar-refractivity contribution in [1.29, 1.82) is 0 Å². The third kappa shape index (κ3) is 2.82. The van der Waals surface area contributed by atoms with Crippen LogP contribution in [0.5, 0.6) is 0 Å². The van der Waals surface area contributed by atoms with Crippen LogP contribution < -0.4 is 11.3 Å². The van der Waals surface area contributed by atoms with Crippen LogP contribution in [0.1, 0.15) is 11.3 Å². The highest BCUT2D eigenvalue weighted by Crippen LogP contribution is 2.17. The summed E-state index contributed by atoms with van der Waals surface area (Å²) in [5, 5.41) is 0.502. The van der Waals surface area contributed by atoms with Gasteiger partial charge in [-0.25, -0.2) is 15.0 Å². The van der Waals surface area contributed by atoms with Gasteiger partial charge in [-0.15, -0.1) is 0 Å². The Morgan fingerprint density at radius 2 is 2.08 bits per heavy atom. The summed E-state index contributed by atoms with van der Waals surface area (Å²) in [5.74, 6) is 0.0463. The van der Waals surface area contributed by atoms with Gasteiger partial charge >= 0.3 is 0 Å². The second kappa shape index (κ2) is 5.97. The lowest BCUT2D eigenvalue weighted by Crippen LogP contribution is -2.40. The van der Waals surface area contributed by atoms with Gasteiger partial charge in [-0.3, -0.25) is 14.2 Å². The summed E-state index contributed by atoms with van der Waals surface area (Å²) >= 11 is 0.